The lowest BCUT2D eigenvalue weighted by Gasteiger charge is -2.14. The van der Waals surface area contributed by atoms with Gasteiger partial charge in [0, 0.05) is 23.0 Å². The Morgan fingerprint density at radius 1 is 1.37 bits per heavy atom. The summed E-state index contributed by atoms with van der Waals surface area (Å²) in [6.45, 7) is 1.31. The molecule has 0 aliphatic heterocycles. The molecule has 0 saturated carbocycles. The number of rotatable bonds is 5. The van der Waals surface area contributed by atoms with E-state index in [1.54, 1.807) is 12.1 Å². The number of aliphatic hydroxyl groups is 1. The van der Waals surface area contributed by atoms with Gasteiger partial charge >= 0.3 is 4.87 Å². The summed E-state index contributed by atoms with van der Waals surface area (Å²) in [4.78, 5) is 17.3. The summed E-state index contributed by atoms with van der Waals surface area (Å²) in [6.07, 6.45) is 0. The number of hydrogen-bond acceptors (Lipinski definition) is 4. The Hall–Kier alpha value is -1.14. The van der Waals surface area contributed by atoms with Crippen molar-refractivity contribution >= 4 is 22.9 Å². The number of thiazole rings is 1. The average molecular weight is 299 g/mol. The van der Waals surface area contributed by atoms with Crippen LogP contribution in [0.15, 0.2) is 29.1 Å². The number of H-pyrrole nitrogens is 1. The maximum atomic E-state index is 11.6. The molecular formula is C13H15ClN2O2S. The van der Waals surface area contributed by atoms with E-state index in [1.807, 2.05) is 24.1 Å². The highest BCUT2D eigenvalue weighted by Crippen LogP contribution is 2.25. The molecular weight excluding hydrogens is 284 g/mol. The zero-order chi connectivity index (χ0) is 13.8. The minimum atomic E-state index is -0.0719. The number of hydrogen-bond donors (Lipinski definition) is 2. The van der Waals surface area contributed by atoms with Crippen LogP contribution in [0.1, 0.15) is 4.88 Å². The Bertz CT molecular complexity index is 591. The van der Waals surface area contributed by atoms with Crippen LogP contribution in [0.2, 0.25) is 5.02 Å². The Morgan fingerprint density at radius 2 is 2.05 bits per heavy atom. The Balaban J connectivity index is 2.30. The van der Waals surface area contributed by atoms with Gasteiger partial charge in [-0.3, -0.25) is 9.69 Å². The molecule has 0 fully saturated rings. The molecule has 1 heterocycles. The number of halogens is 1. The lowest BCUT2D eigenvalue weighted by molar-refractivity contribution is 0.218. The van der Waals surface area contributed by atoms with E-state index in [4.69, 9.17) is 16.7 Å². The predicted molar refractivity (Wildman–Crippen MR) is 78.8 cm³/mol. The van der Waals surface area contributed by atoms with Crippen LogP contribution in [0, 0.1) is 0 Å². The van der Waals surface area contributed by atoms with Gasteiger partial charge < -0.3 is 10.1 Å². The summed E-state index contributed by atoms with van der Waals surface area (Å²) in [5.41, 5.74) is 1.77. The third-order valence-corrected chi connectivity index (χ3v) is 3.87. The maximum Gasteiger partial charge on any atom is 0.305 e. The van der Waals surface area contributed by atoms with Crippen molar-refractivity contribution < 1.29 is 5.11 Å². The van der Waals surface area contributed by atoms with Crippen LogP contribution in [0.3, 0.4) is 0 Å². The molecule has 6 heteroatoms. The van der Waals surface area contributed by atoms with E-state index in [0.717, 1.165) is 16.1 Å². The van der Waals surface area contributed by atoms with Crippen molar-refractivity contribution in [3.8, 4) is 11.3 Å². The molecule has 2 rings (SSSR count). The fourth-order valence-corrected chi connectivity index (χ4v) is 2.87. The second-order valence-corrected chi connectivity index (χ2v) is 5.79. The monoisotopic (exact) mass is 298 g/mol. The van der Waals surface area contributed by atoms with Crippen molar-refractivity contribution in [1.82, 2.24) is 9.88 Å². The van der Waals surface area contributed by atoms with Crippen molar-refractivity contribution in [1.29, 1.82) is 0 Å². The number of benzene rings is 1. The quantitative estimate of drug-likeness (QED) is 0.889. The third-order valence-electron chi connectivity index (χ3n) is 2.75. The first-order chi connectivity index (χ1) is 9.10. The standard InChI is InChI=1S/C13H15ClN2O2S/c1-16(6-7-17)8-11-12(15-13(18)19-11)9-2-4-10(14)5-3-9/h2-5,17H,6-8H2,1H3,(H,15,18). The predicted octanol–water partition coefficient (Wildman–Crippen LogP) is 2.18. The number of aromatic nitrogens is 1. The molecule has 0 atom stereocenters. The van der Waals surface area contributed by atoms with Crippen LogP contribution in [-0.4, -0.2) is 35.2 Å². The molecule has 2 aromatic rings. The summed E-state index contributed by atoms with van der Waals surface area (Å²) < 4.78 is 0. The lowest BCUT2D eigenvalue weighted by Crippen LogP contribution is -2.21. The van der Waals surface area contributed by atoms with Gasteiger partial charge in [0.15, 0.2) is 0 Å². The van der Waals surface area contributed by atoms with E-state index in [-0.39, 0.29) is 11.5 Å². The SMILES string of the molecule is CN(CCO)Cc1sc(=O)[nH]c1-c1ccc(Cl)cc1. The van der Waals surface area contributed by atoms with E-state index in [9.17, 15) is 4.79 Å². The summed E-state index contributed by atoms with van der Waals surface area (Å²) in [7, 11) is 1.91. The number of likely N-dealkylation sites (N-methyl/N-ethyl adjacent to an activating group) is 1. The van der Waals surface area contributed by atoms with Gasteiger partial charge in [-0.1, -0.05) is 35.1 Å². The first kappa shape index (κ1) is 14.3. The largest absolute Gasteiger partial charge is 0.395 e. The Kier molecular flexibility index (Phi) is 4.76. The van der Waals surface area contributed by atoms with E-state index < -0.39 is 0 Å². The Labute approximate surface area is 120 Å². The molecule has 0 amide bonds. The number of aromatic amines is 1. The maximum absolute atomic E-state index is 11.6. The van der Waals surface area contributed by atoms with Gasteiger partial charge in [-0.15, -0.1) is 0 Å². The zero-order valence-corrected chi connectivity index (χ0v) is 12.1. The fourth-order valence-electron chi connectivity index (χ4n) is 1.82. The summed E-state index contributed by atoms with van der Waals surface area (Å²) in [5, 5.41) is 9.58. The molecule has 0 aliphatic carbocycles. The van der Waals surface area contributed by atoms with Gasteiger partial charge in [-0.05, 0) is 24.7 Å². The average Bonchev–Trinajstić information content (AvgIpc) is 2.71. The topological polar surface area (TPSA) is 56.3 Å². The van der Waals surface area contributed by atoms with E-state index >= 15 is 0 Å². The smallest absolute Gasteiger partial charge is 0.305 e. The first-order valence-corrected chi connectivity index (χ1v) is 7.07. The highest BCUT2D eigenvalue weighted by Gasteiger charge is 2.12. The van der Waals surface area contributed by atoms with Gasteiger partial charge in [0.05, 0.1) is 12.3 Å². The Morgan fingerprint density at radius 3 is 2.68 bits per heavy atom. The van der Waals surface area contributed by atoms with Gasteiger partial charge in [-0.25, -0.2) is 0 Å². The highest BCUT2D eigenvalue weighted by molar-refractivity contribution is 7.09. The molecule has 0 unspecified atom stereocenters. The molecule has 0 saturated heterocycles. The van der Waals surface area contributed by atoms with Crippen molar-refractivity contribution in [3.05, 3.63) is 43.8 Å². The van der Waals surface area contributed by atoms with Crippen molar-refractivity contribution in [2.75, 3.05) is 20.2 Å². The molecule has 4 nitrogen and oxygen atoms in total. The zero-order valence-electron chi connectivity index (χ0n) is 10.5. The molecule has 2 N–H and O–H groups in total. The molecule has 0 aliphatic rings. The minimum Gasteiger partial charge on any atom is -0.395 e. The van der Waals surface area contributed by atoms with Crippen LogP contribution in [-0.2, 0) is 6.54 Å². The summed E-state index contributed by atoms with van der Waals surface area (Å²) in [5.74, 6) is 0. The van der Waals surface area contributed by atoms with Gasteiger partial charge in [0.2, 0.25) is 0 Å². The van der Waals surface area contributed by atoms with E-state index in [1.165, 1.54) is 11.3 Å². The lowest BCUT2D eigenvalue weighted by atomic mass is 10.1. The molecule has 1 aromatic carbocycles. The van der Waals surface area contributed by atoms with E-state index in [0.29, 0.717) is 18.1 Å². The van der Waals surface area contributed by atoms with Crippen LogP contribution in [0.4, 0.5) is 0 Å². The summed E-state index contributed by atoms with van der Waals surface area (Å²) in [6, 6.07) is 7.37. The third kappa shape index (κ3) is 3.67. The fraction of sp³-hybridized carbons (Fsp3) is 0.308. The molecule has 102 valence electrons. The van der Waals surface area contributed by atoms with Gasteiger partial charge in [-0.2, -0.15) is 0 Å². The van der Waals surface area contributed by atoms with Crippen molar-refractivity contribution in [2.24, 2.45) is 0 Å². The highest BCUT2D eigenvalue weighted by atomic mass is 35.5. The minimum absolute atomic E-state index is 0.0719. The van der Waals surface area contributed by atoms with Gasteiger partial charge in [0.25, 0.3) is 0 Å². The number of nitrogens with one attached hydrogen (secondary N) is 1. The second kappa shape index (κ2) is 6.34. The first-order valence-electron chi connectivity index (χ1n) is 5.87. The van der Waals surface area contributed by atoms with Crippen molar-refractivity contribution in [3.63, 3.8) is 0 Å². The summed E-state index contributed by atoms with van der Waals surface area (Å²) >= 11 is 7.06. The molecule has 0 bridgehead atoms. The van der Waals surface area contributed by atoms with Crippen molar-refractivity contribution in [2.45, 2.75) is 6.54 Å². The molecule has 0 spiro atoms. The molecule has 19 heavy (non-hydrogen) atoms. The molecule has 0 radical (unpaired) electrons. The second-order valence-electron chi connectivity index (χ2n) is 4.28. The normalized spacial score (nSPS) is 11.2. The van der Waals surface area contributed by atoms with Gasteiger partial charge in [0.1, 0.15) is 0 Å². The van der Waals surface area contributed by atoms with Crippen LogP contribution in [0.25, 0.3) is 11.3 Å². The van der Waals surface area contributed by atoms with Crippen LogP contribution >= 0.6 is 22.9 Å². The van der Waals surface area contributed by atoms with Crippen LogP contribution in [0.5, 0.6) is 0 Å². The number of nitrogens with zero attached hydrogens (tertiary/aromatic N) is 1. The van der Waals surface area contributed by atoms with E-state index in [2.05, 4.69) is 4.98 Å². The number of aliphatic hydroxyl groups excluding tert-OH is 1. The van der Waals surface area contributed by atoms with Crippen LogP contribution < -0.4 is 4.87 Å². The molecule has 1 aromatic heterocycles.